The van der Waals surface area contributed by atoms with Crippen LogP contribution in [0.3, 0.4) is 0 Å². The van der Waals surface area contributed by atoms with Crippen LogP contribution in [0.15, 0.2) is 24.5 Å². The van der Waals surface area contributed by atoms with Gasteiger partial charge in [-0.2, -0.15) is 8.42 Å². The number of carbonyl (C=O) groups excluding carboxylic acids is 1. The summed E-state index contributed by atoms with van der Waals surface area (Å²) < 4.78 is 42.7. The second kappa shape index (κ2) is 10.6. The number of fused-ring (bicyclic) bond motifs is 2. The summed E-state index contributed by atoms with van der Waals surface area (Å²) in [4.78, 5) is 23.2. The molecule has 1 amide bonds. The van der Waals surface area contributed by atoms with E-state index in [0.29, 0.717) is 17.9 Å². The zero-order chi connectivity index (χ0) is 24.2. The van der Waals surface area contributed by atoms with E-state index in [1.165, 1.54) is 6.33 Å². The second-order valence-corrected chi connectivity index (χ2v) is 9.31. The number of benzene rings is 1. The molecule has 10 heteroatoms. The van der Waals surface area contributed by atoms with Crippen LogP contribution in [0.2, 0.25) is 0 Å². The number of carbonyl (C=O) groups is 1. The van der Waals surface area contributed by atoms with Crippen molar-refractivity contribution in [2.45, 2.75) is 83.1 Å². The van der Waals surface area contributed by atoms with Crippen LogP contribution in [0, 0.1) is 19.7 Å². The Morgan fingerprint density at radius 3 is 2.38 bits per heavy atom. The third-order valence-corrected chi connectivity index (χ3v) is 6.68. The van der Waals surface area contributed by atoms with Crippen molar-refractivity contribution in [2.24, 2.45) is 0 Å². The Hall–Kier alpha value is -2.88. The van der Waals surface area contributed by atoms with Crippen LogP contribution >= 0.6 is 0 Å². The summed E-state index contributed by atoms with van der Waals surface area (Å²) >= 11 is -0.750. The summed E-state index contributed by atoms with van der Waals surface area (Å²) in [6, 6.07) is 5.59. The highest BCUT2D eigenvalue weighted by Crippen LogP contribution is 2.39. The minimum atomic E-state index is -0.750. The van der Waals surface area contributed by atoms with Crippen molar-refractivity contribution in [2.75, 3.05) is 0 Å². The highest BCUT2D eigenvalue weighted by atomic mass is 32.1. The molecule has 0 spiro atoms. The number of aromatic nitrogens is 2. The molecule has 1 aromatic carbocycles. The zero-order valence-corrected chi connectivity index (χ0v) is 20.1. The van der Waals surface area contributed by atoms with Crippen LogP contribution in [0.4, 0.5) is 9.18 Å². The number of aryl methyl sites for hydroxylation is 1. The zero-order valence-electron chi connectivity index (χ0n) is 19.2. The van der Waals surface area contributed by atoms with E-state index in [1.54, 1.807) is 12.1 Å². The number of amides is 1. The van der Waals surface area contributed by atoms with Gasteiger partial charge in [0.15, 0.2) is 0 Å². The van der Waals surface area contributed by atoms with E-state index in [4.69, 9.17) is 17.9 Å². The molecule has 2 aliphatic heterocycles. The Morgan fingerprint density at radius 1 is 1.09 bits per heavy atom. The van der Waals surface area contributed by atoms with Gasteiger partial charge in [0.25, 0.3) is 0 Å². The lowest BCUT2D eigenvalue weighted by molar-refractivity contribution is 0.0288. The average Bonchev–Trinajstić information content (AvgIpc) is 3.56. The Morgan fingerprint density at radius 2 is 1.76 bits per heavy atom. The van der Waals surface area contributed by atoms with Crippen LogP contribution in [0.25, 0.3) is 0 Å². The molecule has 1 aliphatic carbocycles. The Labute approximate surface area is 201 Å². The molecule has 2 saturated heterocycles. The molecule has 1 aromatic heterocycles. The van der Waals surface area contributed by atoms with Crippen LogP contribution < -0.4 is 4.74 Å². The number of halogens is 1. The number of rotatable bonds is 5. The molecule has 2 bridgehead atoms. The van der Waals surface area contributed by atoms with Gasteiger partial charge in [0.2, 0.25) is 5.88 Å². The normalized spacial score (nSPS) is 23.0. The minimum absolute atomic E-state index is 0.0000333. The lowest BCUT2D eigenvalue weighted by Gasteiger charge is -2.38. The second-order valence-electron chi connectivity index (χ2n) is 9.18. The van der Waals surface area contributed by atoms with Crippen molar-refractivity contribution in [1.82, 2.24) is 14.9 Å². The highest BCUT2D eigenvalue weighted by molar-refractivity contribution is 7.51. The van der Waals surface area contributed by atoms with E-state index in [1.807, 2.05) is 24.8 Å². The number of hydrogen-bond donors (Lipinski definition) is 0. The van der Waals surface area contributed by atoms with Crippen molar-refractivity contribution in [3.8, 4) is 5.88 Å². The maximum Gasteiger partial charge on any atom is 0.410 e. The fourth-order valence-electron chi connectivity index (χ4n) is 4.81. The fourth-order valence-corrected chi connectivity index (χ4v) is 4.81. The van der Waals surface area contributed by atoms with Crippen LogP contribution in [-0.2, 0) is 22.7 Å². The third-order valence-electron chi connectivity index (χ3n) is 6.68. The molecule has 3 heterocycles. The summed E-state index contributed by atoms with van der Waals surface area (Å²) in [5.41, 5.74) is 3.11. The quantitative estimate of drug-likeness (QED) is 0.629. The summed E-state index contributed by atoms with van der Waals surface area (Å²) in [6.07, 6.45) is 7.37. The van der Waals surface area contributed by atoms with Crippen molar-refractivity contribution in [3.63, 3.8) is 0 Å². The molecule has 5 rings (SSSR count). The molecule has 182 valence electrons. The van der Waals surface area contributed by atoms with E-state index >= 15 is 0 Å². The number of ether oxygens (including phenoxy) is 2. The molecular formula is C24H28FN3O5S. The minimum Gasteiger partial charge on any atom is -0.474 e. The summed E-state index contributed by atoms with van der Waals surface area (Å²) in [6.45, 7) is 3.80. The molecule has 1 saturated carbocycles. The summed E-state index contributed by atoms with van der Waals surface area (Å²) in [5, 5.41) is 0. The maximum absolute atomic E-state index is 14.3. The lowest BCUT2D eigenvalue weighted by atomic mass is 10.00. The molecule has 2 atom stereocenters. The van der Waals surface area contributed by atoms with Gasteiger partial charge >= 0.3 is 17.7 Å². The lowest BCUT2D eigenvalue weighted by Crippen LogP contribution is -2.49. The molecule has 0 N–H and O–H groups in total. The fraction of sp³-hybridized carbons (Fsp3) is 0.542. The first-order chi connectivity index (χ1) is 16.4. The molecule has 2 aromatic rings. The number of piperidine rings is 1. The van der Waals surface area contributed by atoms with Crippen molar-refractivity contribution in [3.05, 3.63) is 52.7 Å². The highest BCUT2D eigenvalue weighted by Gasteiger charge is 2.46. The van der Waals surface area contributed by atoms with Crippen LogP contribution in [-0.4, -0.2) is 53.7 Å². The SMILES string of the molecule is Cc1ccc(Cc2ncnc(OC3CC4CCC(C3)N4C(=O)OC3CC3)c2C)c(F)c1.O=S=O. The van der Waals surface area contributed by atoms with Crippen molar-refractivity contribution >= 4 is 17.7 Å². The van der Waals surface area contributed by atoms with E-state index < -0.39 is 11.6 Å². The van der Waals surface area contributed by atoms with Crippen molar-refractivity contribution in [1.29, 1.82) is 0 Å². The first-order valence-corrected chi connectivity index (χ1v) is 12.2. The molecule has 3 aliphatic rings. The van der Waals surface area contributed by atoms with Crippen molar-refractivity contribution < 1.29 is 27.1 Å². The van der Waals surface area contributed by atoms with Gasteiger partial charge in [-0.15, -0.1) is 0 Å². The van der Waals surface area contributed by atoms with Gasteiger partial charge in [0.1, 0.15) is 24.4 Å². The first kappa shape index (κ1) is 24.3. The molecule has 34 heavy (non-hydrogen) atoms. The Bertz CT molecular complexity index is 1080. The third kappa shape index (κ3) is 5.60. The van der Waals surface area contributed by atoms with Gasteiger partial charge in [-0.25, -0.2) is 19.2 Å². The van der Waals surface area contributed by atoms with E-state index in [2.05, 4.69) is 9.97 Å². The molecule has 2 unspecified atom stereocenters. The average molecular weight is 490 g/mol. The Kier molecular flexibility index (Phi) is 7.55. The van der Waals surface area contributed by atoms with Gasteiger partial charge in [-0.1, -0.05) is 12.1 Å². The van der Waals surface area contributed by atoms with Crippen LogP contribution in [0.1, 0.15) is 60.9 Å². The van der Waals surface area contributed by atoms with Gasteiger partial charge in [0, 0.05) is 36.9 Å². The van der Waals surface area contributed by atoms with Gasteiger partial charge in [-0.05, 0) is 56.7 Å². The largest absolute Gasteiger partial charge is 0.474 e. The predicted octanol–water partition coefficient (Wildman–Crippen LogP) is 3.83. The molecule has 8 nitrogen and oxygen atoms in total. The summed E-state index contributed by atoms with van der Waals surface area (Å²) in [5.74, 6) is 0.332. The number of nitrogens with zero attached hydrogens (tertiary/aromatic N) is 3. The monoisotopic (exact) mass is 489 g/mol. The summed E-state index contributed by atoms with van der Waals surface area (Å²) in [7, 11) is 0. The van der Waals surface area contributed by atoms with Gasteiger partial charge in [0.05, 0.1) is 5.69 Å². The van der Waals surface area contributed by atoms with E-state index in [9.17, 15) is 9.18 Å². The standard InChI is InChI=1S/C24H28FN3O3.O2S/c1-14-3-4-16(21(25)9-14)10-22-15(2)23(27-13-26-22)30-20-11-17-5-6-18(12-20)28(17)24(29)31-19-7-8-19;1-3-2/h3-4,9,13,17-20H,5-8,10-12H2,1-2H3;. The Balaban J connectivity index is 0.000000868. The molecule has 0 radical (unpaired) electrons. The van der Waals surface area contributed by atoms with E-state index in [-0.39, 0.29) is 36.2 Å². The predicted molar refractivity (Wildman–Crippen MR) is 121 cm³/mol. The number of hydrogen-bond acceptors (Lipinski definition) is 7. The smallest absolute Gasteiger partial charge is 0.410 e. The van der Waals surface area contributed by atoms with Gasteiger partial charge < -0.3 is 14.4 Å². The van der Waals surface area contributed by atoms with Crippen LogP contribution in [0.5, 0.6) is 5.88 Å². The molecular weight excluding hydrogens is 461 g/mol. The van der Waals surface area contributed by atoms with Gasteiger partial charge in [-0.3, -0.25) is 0 Å². The van der Waals surface area contributed by atoms with E-state index in [0.717, 1.165) is 55.3 Å². The topological polar surface area (TPSA) is 98.7 Å². The first-order valence-electron chi connectivity index (χ1n) is 11.5. The maximum atomic E-state index is 14.3. The molecule has 3 fully saturated rings.